The lowest BCUT2D eigenvalue weighted by atomic mass is 10.1. The number of aryl methyl sites for hydroxylation is 2. The maximum atomic E-state index is 12.4. The molecule has 6 nitrogen and oxygen atoms in total. The van der Waals surface area contributed by atoms with Crippen LogP contribution in [0.4, 0.5) is 5.69 Å². The Balaban J connectivity index is 1.98. The Morgan fingerprint density at radius 2 is 1.83 bits per heavy atom. The van der Waals surface area contributed by atoms with Crippen LogP contribution in [0.25, 0.3) is 6.08 Å². The second kappa shape index (κ2) is 10.5. The summed E-state index contributed by atoms with van der Waals surface area (Å²) in [7, 11) is 3.17. The zero-order valence-corrected chi connectivity index (χ0v) is 18.5. The van der Waals surface area contributed by atoms with Crippen molar-refractivity contribution in [1.29, 1.82) is 0 Å². The Morgan fingerprint density at radius 3 is 2.50 bits per heavy atom. The van der Waals surface area contributed by atoms with Gasteiger partial charge in [0.05, 0.1) is 19.8 Å². The van der Waals surface area contributed by atoms with Crippen molar-refractivity contribution in [3.8, 4) is 11.5 Å². The Bertz CT molecular complexity index is 935. The fourth-order valence-corrected chi connectivity index (χ4v) is 2.79. The zero-order chi connectivity index (χ0) is 22.3. The molecular weight excluding hydrogens is 380 g/mol. The van der Waals surface area contributed by atoms with Crippen LogP contribution in [-0.2, 0) is 9.59 Å². The monoisotopic (exact) mass is 410 g/mol. The molecule has 0 atom stereocenters. The Kier molecular flexibility index (Phi) is 8.04. The largest absolute Gasteiger partial charge is 0.493 e. The van der Waals surface area contributed by atoms with E-state index in [1.165, 1.54) is 11.0 Å². The van der Waals surface area contributed by atoms with Gasteiger partial charge in [-0.3, -0.25) is 9.59 Å². The quantitative estimate of drug-likeness (QED) is 0.662. The normalized spacial score (nSPS) is 10.9. The van der Waals surface area contributed by atoms with Gasteiger partial charge in [0, 0.05) is 18.8 Å². The molecule has 0 heterocycles. The molecule has 1 N–H and O–H groups in total. The van der Waals surface area contributed by atoms with Crippen molar-refractivity contribution in [3.05, 3.63) is 59.2 Å². The summed E-state index contributed by atoms with van der Waals surface area (Å²) in [4.78, 5) is 26.1. The predicted molar refractivity (Wildman–Crippen MR) is 120 cm³/mol. The average Bonchev–Trinajstić information content (AvgIpc) is 2.69. The molecule has 0 unspecified atom stereocenters. The summed E-state index contributed by atoms with van der Waals surface area (Å²) in [6, 6.07) is 11.3. The highest BCUT2D eigenvalue weighted by Gasteiger charge is 2.12. The fraction of sp³-hybridized carbons (Fsp3) is 0.333. The molecule has 160 valence electrons. The van der Waals surface area contributed by atoms with Crippen molar-refractivity contribution in [3.63, 3.8) is 0 Å². The number of rotatable bonds is 8. The number of likely N-dealkylation sites (N-methyl/N-ethyl adjacent to an activating group) is 1. The smallest absolute Gasteiger partial charge is 0.246 e. The fourth-order valence-electron chi connectivity index (χ4n) is 2.79. The number of carbonyl (C=O) groups excluding carboxylic acids is 2. The molecular formula is C24H30N2O4. The molecule has 2 amide bonds. The van der Waals surface area contributed by atoms with E-state index in [-0.39, 0.29) is 24.5 Å². The Labute approximate surface area is 178 Å². The van der Waals surface area contributed by atoms with Gasteiger partial charge in [-0.1, -0.05) is 18.2 Å². The van der Waals surface area contributed by atoms with E-state index in [1.54, 1.807) is 26.3 Å². The molecule has 0 saturated carbocycles. The molecule has 2 rings (SSSR count). The summed E-state index contributed by atoms with van der Waals surface area (Å²) in [5.74, 6) is 0.730. The summed E-state index contributed by atoms with van der Waals surface area (Å²) in [5.41, 5.74) is 3.59. The van der Waals surface area contributed by atoms with Gasteiger partial charge >= 0.3 is 0 Å². The summed E-state index contributed by atoms with van der Waals surface area (Å²) in [5, 5.41) is 2.86. The minimum Gasteiger partial charge on any atom is -0.493 e. The van der Waals surface area contributed by atoms with Crippen LogP contribution in [0, 0.1) is 13.8 Å². The second-order valence-electron chi connectivity index (χ2n) is 7.47. The molecule has 30 heavy (non-hydrogen) atoms. The first-order valence-electron chi connectivity index (χ1n) is 9.84. The molecule has 0 aliphatic rings. The first kappa shape index (κ1) is 23.0. The maximum absolute atomic E-state index is 12.4. The molecule has 0 saturated heterocycles. The molecule has 0 radical (unpaired) electrons. The first-order chi connectivity index (χ1) is 14.2. The van der Waals surface area contributed by atoms with E-state index < -0.39 is 0 Å². The topological polar surface area (TPSA) is 67.9 Å². The molecule has 0 fully saturated rings. The minimum atomic E-state index is -0.271. The van der Waals surface area contributed by atoms with Crippen LogP contribution in [0.1, 0.15) is 30.5 Å². The van der Waals surface area contributed by atoms with Crippen molar-refractivity contribution in [1.82, 2.24) is 4.90 Å². The SMILES string of the molecule is COc1cc(/C=C/C(=O)N(C)CC(=O)Nc2cc(C)ccc2C)ccc1OC(C)C. The van der Waals surface area contributed by atoms with Gasteiger partial charge in [-0.2, -0.15) is 0 Å². The second-order valence-corrected chi connectivity index (χ2v) is 7.47. The van der Waals surface area contributed by atoms with Gasteiger partial charge in [0.2, 0.25) is 11.8 Å². The van der Waals surface area contributed by atoms with E-state index in [0.717, 1.165) is 22.4 Å². The first-order valence-corrected chi connectivity index (χ1v) is 9.84. The average molecular weight is 411 g/mol. The lowest BCUT2D eigenvalue weighted by Crippen LogP contribution is -2.34. The third-order valence-electron chi connectivity index (χ3n) is 4.39. The van der Waals surface area contributed by atoms with Crippen LogP contribution in [0.15, 0.2) is 42.5 Å². The van der Waals surface area contributed by atoms with Crippen LogP contribution >= 0.6 is 0 Å². The van der Waals surface area contributed by atoms with E-state index in [9.17, 15) is 9.59 Å². The van der Waals surface area contributed by atoms with Gasteiger partial charge in [0.15, 0.2) is 11.5 Å². The summed E-state index contributed by atoms with van der Waals surface area (Å²) >= 11 is 0. The molecule has 0 spiro atoms. The summed E-state index contributed by atoms with van der Waals surface area (Å²) in [6.07, 6.45) is 3.15. The van der Waals surface area contributed by atoms with Gasteiger partial charge < -0.3 is 19.7 Å². The van der Waals surface area contributed by atoms with Crippen LogP contribution in [0.2, 0.25) is 0 Å². The van der Waals surface area contributed by atoms with Gasteiger partial charge in [-0.25, -0.2) is 0 Å². The molecule has 2 aromatic carbocycles. The van der Waals surface area contributed by atoms with E-state index in [4.69, 9.17) is 9.47 Å². The number of hydrogen-bond donors (Lipinski definition) is 1. The number of nitrogens with zero attached hydrogens (tertiary/aromatic N) is 1. The van der Waals surface area contributed by atoms with E-state index in [2.05, 4.69) is 5.32 Å². The van der Waals surface area contributed by atoms with Crippen LogP contribution in [0.3, 0.4) is 0 Å². The number of carbonyl (C=O) groups is 2. The highest BCUT2D eigenvalue weighted by atomic mass is 16.5. The number of hydrogen-bond acceptors (Lipinski definition) is 4. The highest BCUT2D eigenvalue weighted by Crippen LogP contribution is 2.29. The number of ether oxygens (including phenoxy) is 2. The van der Waals surface area contributed by atoms with Gasteiger partial charge in [0.1, 0.15) is 0 Å². The Morgan fingerprint density at radius 1 is 1.10 bits per heavy atom. The Hall–Kier alpha value is -3.28. The van der Waals surface area contributed by atoms with Crippen molar-refractivity contribution in [2.75, 3.05) is 26.0 Å². The van der Waals surface area contributed by atoms with Gasteiger partial charge in [-0.05, 0) is 68.7 Å². The standard InChI is InChI=1S/C24H30N2O4/c1-16(2)30-21-11-9-19(14-22(21)29-6)10-12-24(28)26(5)15-23(27)25-20-13-17(3)7-8-18(20)4/h7-14,16H,15H2,1-6H3,(H,25,27)/b12-10+. The van der Waals surface area contributed by atoms with Crippen molar-refractivity contribution in [2.45, 2.75) is 33.8 Å². The molecule has 0 aromatic heterocycles. The van der Waals surface area contributed by atoms with Crippen molar-refractivity contribution < 1.29 is 19.1 Å². The zero-order valence-electron chi connectivity index (χ0n) is 18.5. The number of amides is 2. The van der Waals surface area contributed by atoms with E-state index >= 15 is 0 Å². The lowest BCUT2D eigenvalue weighted by Gasteiger charge is -2.16. The number of benzene rings is 2. The van der Waals surface area contributed by atoms with Gasteiger partial charge in [0.25, 0.3) is 0 Å². The van der Waals surface area contributed by atoms with Crippen molar-refractivity contribution in [2.24, 2.45) is 0 Å². The van der Waals surface area contributed by atoms with Crippen molar-refractivity contribution >= 4 is 23.6 Å². The minimum absolute atomic E-state index is 0.0326. The third-order valence-corrected chi connectivity index (χ3v) is 4.39. The van der Waals surface area contributed by atoms with Crippen LogP contribution in [-0.4, -0.2) is 43.5 Å². The summed E-state index contributed by atoms with van der Waals surface area (Å²) in [6.45, 7) is 7.74. The number of methoxy groups -OCH3 is 1. The predicted octanol–water partition coefficient (Wildman–Crippen LogP) is 4.21. The summed E-state index contributed by atoms with van der Waals surface area (Å²) < 4.78 is 11.1. The molecule has 6 heteroatoms. The number of anilines is 1. The molecule has 0 aliphatic carbocycles. The van der Waals surface area contributed by atoms with E-state index in [0.29, 0.717) is 11.5 Å². The maximum Gasteiger partial charge on any atom is 0.246 e. The third kappa shape index (κ3) is 6.65. The van der Waals surface area contributed by atoms with Crippen LogP contribution < -0.4 is 14.8 Å². The molecule has 0 aliphatic heterocycles. The highest BCUT2D eigenvalue weighted by molar-refractivity contribution is 5.98. The van der Waals surface area contributed by atoms with Crippen LogP contribution in [0.5, 0.6) is 11.5 Å². The molecule has 2 aromatic rings. The van der Waals surface area contributed by atoms with Gasteiger partial charge in [-0.15, -0.1) is 0 Å². The lowest BCUT2D eigenvalue weighted by molar-refractivity contribution is -0.129. The number of nitrogens with one attached hydrogen (secondary N) is 1. The molecule has 0 bridgehead atoms. The van der Waals surface area contributed by atoms with E-state index in [1.807, 2.05) is 58.0 Å².